The van der Waals surface area contributed by atoms with E-state index in [2.05, 4.69) is 22.5 Å². The van der Waals surface area contributed by atoms with Gasteiger partial charge in [0, 0.05) is 6.54 Å². The zero-order valence-electron chi connectivity index (χ0n) is 11.8. The van der Waals surface area contributed by atoms with E-state index in [4.69, 9.17) is 9.68 Å². The van der Waals surface area contributed by atoms with Gasteiger partial charge in [0.05, 0.1) is 28.2 Å². The van der Waals surface area contributed by atoms with Crippen LogP contribution in [0.4, 0.5) is 0 Å². The lowest BCUT2D eigenvalue weighted by Crippen LogP contribution is -1.97. The summed E-state index contributed by atoms with van der Waals surface area (Å²) in [4.78, 5) is 4.69. The molecule has 0 amide bonds. The number of imidazole rings is 1. The fourth-order valence-electron chi connectivity index (χ4n) is 2.58. The highest BCUT2D eigenvalue weighted by atomic mass is 16.3. The van der Waals surface area contributed by atoms with Gasteiger partial charge in [-0.3, -0.25) is 0 Å². The Morgan fingerprint density at radius 3 is 2.70 bits per heavy atom. The van der Waals surface area contributed by atoms with Gasteiger partial charge in [-0.05, 0) is 45.0 Å². The molecular formula is C16H15N3O. The van der Waals surface area contributed by atoms with Crippen molar-refractivity contribution < 1.29 is 4.42 Å². The minimum absolute atomic E-state index is 0.630. The normalized spacial score (nSPS) is 10.9. The van der Waals surface area contributed by atoms with Gasteiger partial charge < -0.3 is 8.98 Å². The van der Waals surface area contributed by atoms with Crippen LogP contribution in [0.25, 0.3) is 22.4 Å². The lowest BCUT2D eigenvalue weighted by molar-refractivity contribution is 0.505. The molecule has 0 aliphatic carbocycles. The topological polar surface area (TPSA) is 54.8 Å². The molecular weight excluding hydrogens is 250 g/mol. The lowest BCUT2D eigenvalue weighted by atomic mass is 10.2. The molecule has 0 aliphatic heterocycles. The Hall–Kier alpha value is -2.54. The summed E-state index contributed by atoms with van der Waals surface area (Å²) in [5, 5.41) is 9.00. The largest absolute Gasteiger partial charge is 0.466 e. The highest BCUT2D eigenvalue weighted by Gasteiger charge is 2.16. The van der Waals surface area contributed by atoms with Crippen molar-refractivity contribution in [1.29, 1.82) is 5.26 Å². The number of furan rings is 1. The first kappa shape index (κ1) is 12.5. The second-order valence-corrected chi connectivity index (χ2v) is 4.82. The smallest absolute Gasteiger partial charge is 0.144 e. The summed E-state index contributed by atoms with van der Waals surface area (Å²) in [6, 6.07) is 9.77. The van der Waals surface area contributed by atoms with Crippen molar-refractivity contribution in [2.45, 2.75) is 27.3 Å². The minimum atomic E-state index is 0.630. The molecule has 0 bridgehead atoms. The van der Waals surface area contributed by atoms with E-state index in [1.165, 1.54) is 0 Å². The van der Waals surface area contributed by atoms with E-state index in [-0.39, 0.29) is 0 Å². The highest BCUT2D eigenvalue weighted by Crippen LogP contribution is 2.29. The van der Waals surface area contributed by atoms with Gasteiger partial charge in [-0.1, -0.05) is 0 Å². The minimum Gasteiger partial charge on any atom is -0.466 e. The maximum Gasteiger partial charge on any atom is 0.144 e. The zero-order valence-corrected chi connectivity index (χ0v) is 11.8. The van der Waals surface area contributed by atoms with E-state index in [9.17, 15) is 0 Å². The number of nitriles is 1. The van der Waals surface area contributed by atoms with Crippen LogP contribution < -0.4 is 0 Å². The SMILES string of the molecule is CCn1c(-c2cc(C)oc2C)nc2cc(C#N)ccc21. The van der Waals surface area contributed by atoms with Crippen LogP contribution in [0.15, 0.2) is 28.7 Å². The van der Waals surface area contributed by atoms with Crippen molar-refractivity contribution >= 4 is 11.0 Å². The molecule has 4 heteroatoms. The van der Waals surface area contributed by atoms with Crippen molar-refractivity contribution in [3.8, 4) is 17.5 Å². The molecule has 0 spiro atoms. The molecule has 20 heavy (non-hydrogen) atoms. The van der Waals surface area contributed by atoms with Crippen molar-refractivity contribution in [3.63, 3.8) is 0 Å². The van der Waals surface area contributed by atoms with Crippen LogP contribution in [0.1, 0.15) is 24.0 Å². The maximum atomic E-state index is 9.00. The van der Waals surface area contributed by atoms with E-state index in [0.29, 0.717) is 5.56 Å². The number of hydrogen-bond acceptors (Lipinski definition) is 3. The van der Waals surface area contributed by atoms with Gasteiger partial charge in [0.1, 0.15) is 17.3 Å². The maximum absolute atomic E-state index is 9.00. The first-order chi connectivity index (χ1) is 9.63. The molecule has 0 radical (unpaired) electrons. The zero-order chi connectivity index (χ0) is 14.3. The van der Waals surface area contributed by atoms with Crippen LogP contribution in [0.5, 0.6) is 0 Å². The Balaban J connectivity index is 2.30. The monoisotopic (exact) mass is 265 g/mol. The molecule has 0 saturated heterocycles. The van der Waals surface area contributed by atoms with Crippen molar-refractivity contribution in [2.24, 2.45) is 0 Å². The van der Waals surface area contributed by atoms with Crippen LogP contribution in [-0.4, -0.2) is 9.55 Å². The number of fused-ring (bicyclic) bond motifs is 1. The predicted molar refractivity (Wildman–Crippen MR) is 77.3 cm³/mol. The van der Waals surface area contributed by atoms with Gasteiger partial charge in [0.25, 0.3) is 0 Å². The average molecular weight is 265 g/mol. The number of aromatic nitrogens is 2. The number of nitrogens with zero attached hydrogens (tertiary/aromatic N) is 3. The summed E-state index contributed by atoms with van der Waals surface area (Å²) in [5.41, 5.74) is 3.53. The molecule has 2 heterocycles. The fourth-order valence-corrected chi connectivity index (χ4v) is 2.58. The molecule has 0 atom stereocenters. The second-order valence-electron chi connectivity index (χ2n) is 4.82. The molecule has 4 nitrogen and oxygen atoms in total. The second kappa shape index (κ2) is 4.53. The van der Waals surface area contributed by atoms with E-state index < -0.39 is 0 Å². The van der Waals surface area contributed by atoms with Crippen molar-refractivity contribution in [2.75, 3.05) is 0 Å². The average Bonchev–Trinajstić information content (AvgIpc) is 2.96. The molecule has 0 saturated carbocycles. The highest BCUT2D eigenvalue weighted by molar-refractivity contribution is 5.82. The fraction of sp³-hybridized carbons (Fsp3) is 0.250. The third kappa shape index (κ3) is 1.79. The van der Waals surface area contributed by atoms with Gasteiger partial charge >= 0.3 is 0 Å². The van der Waals surface area contributed by atoms with Crippen LogP contribution in [0.2, 0.25) is 0 Å². The van der Waals surface area contributed by atoms with E-state index in [1.54, 1.807) is 0 Å². The number of aryl methyl sites for hydroxylation is 3. The number of rotatable bonds is 2. The summed E-state index contributed by atoms with van der Waals surface area (Å²) in [6.45, 7) is 6.79. The molecule has 3 rings (SSSR count). The Labute approximate surface area is 117 Å². The third-order valence-corrected chi connectivity index (χ3v) is 3.48. The van der Waals surface area contributed by atoms with Gasteiger partial charge in [-0.25, -0.2) is 4.98 Å². The number of benzene rings is 1. The Morgan fingerprint density at radius 1 is 1.30 bits per heavy atom. The Kier molecular flexibility index (Phi) is 2.83. The van der Waals surface area contributed by atoms with Crippen LogP contribution >= 0.6 is 0 Å². The molecule has 0 N–H and O–H groups in total. The van der Waals surface area contributed by atoms with Crippen molar-refractivity contribution in [1.82, 2.24) is 9.55 Å². The summed E-state index contributed by atoms with van der Waals surface area (Å²) >= 11 is 0. The summed E-state index contributed by atoms with van der Waals surface area (Å²) < 4.78 is 7.75. The summed E-state index contributed by atoms with van der Waals surface area (Å²) in [7, 11) is 0. The van der Waals surface area contributed by atoms with Crippen molar-refractivity contribution in [3.05, 3.63) is 41.3 Å². The predicted octanol–water partition coefficient (Wildman–Crippen LogP) is 3.80. The lowest BCUT2D eigenvalue weighted by Gasteiger charge is -2.04. The molecule has 100 valence electrons. The molecule has 0 fully saturated rings. The van der Waals surface area contributed by atoms with Crippen LogP contribution in [0.3, 0.4) is 0 Å². The summed E-state index contributed by atoms with van der Waals surface area (Å²) in [6.07, 6.45) is 0. The number of hydrogen-bond donors (Lipinski definition) is 0. The molecule has 1 aromatic carbocycles. The molecule has 2 aromatic heterocycles. The molecule has 0 unspecified atom stereocenters. The molecule has 0 aliphatic rings. The third-order valence-electron chi connectivity index (χ3n) is 3.48. The van der Waals surface area contributed by atoms with Crippen LogP contribution in [0, 0.1) is 25.2 Å². The molecule has 3 aromatic rings. The standard InChI is InChI=1S/C16H15N3O/c1-4-19-15-6-5-12(9-17)8-14(15)18-16(19)13-7-10(2)20-11(13)3/h5-8H,4H2,1-3H3. The van der Waals surface area contributed by atoms with E-state index in [1.807, 2.05) is 38.1 Å². The van der Waals surface area contributed by atoms with E-state index >= 15 is 0 Å². The quantitative estimate of drug-likeness (QED) is 0.708. The summed E-state index contributed by atoms with van der Waals surface area (Å²) in [5.74, 6) is 2.64. The Morgan fingerprint density at radius 2 is 2.10 bits per heavy atom. The first-order valence-electron chi connectivity index (χ1n) is 6.62. The Bertz CT molecular complexity index is 833. The van der Waals surface area contributed by atoms with Gasteiger partial charge in [0.2, 0.25) is 0 Å². The first-order valence-corrected chi connectivity index (χ1v) is 6.62. The van der Waals surface area contributed by atoms with Gasteiger partial charge in [-0.15, -0.1) is 0 Å². The van der Waals surface area contributed by atoms with Gasteiger partial charge in [0.15, 0.2) is 0 Å². The van der Waals surface area contributed by atoms with Gasteiger partial charge in [-0.2, -0.15) is 5.26 Å². The van der Waals surface area contributed by atoms with E-state index in [0.717, 1.165) is 40.5 Å². The van der Waals surface area contributed by atoms with Crippen LogP contribution in [-0.2, 0) is 6.54 Å².